The van der Waals surface area contributed by atoms with E-state index in [1.807, 2.05) is 0 Å². The molecule has 8 nitrogen and oxygen atoms in total. The number of nitrogens with zero attached hydrogens (tertiary/aromatic N) is 2. The van der Waals surface area contributed by atoms with E-state index >= 15 is 0 Å². The van der Waals surface area contributed by atoms with Crippen molar-refractivity contribution in [2.75, 3.05) is 36.3 Å². The van der Waals surface area contributed by atoms with Gasteiger partial charge < -0.3 is 14.7 Å². The van der Waals surface area contributed by atoms with E-state index in [2.05, 4.69) is 0 Å². The van der Waals surface area contributed by atoms with Crippen LogP contribution in [0, 0.1) is 0 Å². The van der Waals surface area contributed by atoms with Crippen molar-refractivity contribution in [1.29, 1.82) is 0 Å². The Morgan fingerprint density at radius 3 is 2.71 bits per heavy atom. The third-order valence-corrected chi connectivity index (χ3v) is 5.98. The summed E-state index contributed by atoms with van der Waals surface area (Å²) in [6.45, 7) is 0.830. The molecule has 2 saturated heterocycles. The van der Waals surface area contributed by atoms with Crippen LogP contribution in [0.5, 0.6) is 0 Å². The zero-order chi connectivity index (χ0) is 17.3. The van der Waals surface area contributed by atoms with Crippen LogP contribution in [0.1, 0.15) is 16.8 Å². The number of aliphatic carboxylic acids is 1. The number of sulfonamides is 1. The molecule has 0 saturated carbocycles. The van der Waals surface area contributed by atoms with Crippen LogP contribution in [0.2, 0.25) is 0 Å². The van der Waals surface area contributed by atoms with Gasteiger partial charge >= 0.3 is 5.97 Å². The number of anilines is 1. The van der Waals surface area contributed by atoms with Gasteiger partial charge in [0.05, 0.1) is 24.6 Å². The standard InChI is InChI=1S/C15H18N2O6S/c18-14(16-6-7-23-13(10-16)15(19)20)11-3-1-4-12(9-11)17-5-2-8-24(17,21)22/h1,3-4,9,13H,2,5-8,10H2,(H,19,20)/t13-/m0/s1. The molecule has 1 atom stereocenters. The SMILES string of the molecule is O=C(O)[C@@H]1CN(C(=O)c2cccc(N3CCCS3(=O)=O)c2)CCO1. The third kappa shape index (κ3) is 3.22. The summed E-state index contributed by atoms with van der Waals surface area (Å²) in [5.41, 5.74) is 0.794. The number of carbonyl (C=O) groups is 2. The molecule has 1 N–H and O–H groups in total. The van der Waals surface area contributed by atoms with E-state index in [4.69, 9.17) is 9.84 Å². The first-order valence-corrected chi connectivity index (χ1v) is 9.23. The van der Waals surface area contributed by atoms with Gasteiger partial charge in [-0.3, -0.25) is 9.10 Å². The van der Waals surface area contributed by atoms with Gasteiger partial charge in [0.2, 0.25) is 10.0 Å². The Kier molecular flexibility index (Phi) is 4.46. The van der Waals surface area contributed by atoms with Crippen molar-refractivity contribution < 1.29 is 27.9 Å². The average Bonchev–Trinajstić information content (AvgIpc) is 2.93. The van der Waals surface area contributed by atoms with Gasteiger partial charge in [-0.2, -0.15) is 0 Å². The number of ether oxygens (including phenoxy) is 1. The molecule has 0 aliphatic carbocycles. The molecule has 1 aromatic rings. The molecule has 130 valence electrons. The van der Waals surface area contributed by atoms with Crippen LogP contribution in [0.25, 0.3) is 0 Å². The minimum Gasteiger partial charge on any atom is -0.479 e. The lowest BCUT2D eigenvalue weighted by Gasteiger charge is -2.31. The number of carboxylic acids is 1. The second-order valence-corrected chi connectivity index (χ2v) is 7.75. The maximum Gasteiger partial charge on any atom is 0.334 e. The fourth-order valence-corrected chi connectivity index (χ4v) is 4.45. The van der Waals surface area contributed by atoms with Crippen LogP contribution in [0.15, 0.2) is 24.3 Å². The van der Waals surface area contributed by atoms with Crippen LogP contribution < -0.4 is 4.31 Å². The van der Waals surface area contributed by atoms with Gasteiger partial charge in [-0.05, 0) is 24.6 Å². The molecule has 24 heavy (non-hydrogen) atoms. The average molecular weight is 354 g/mol. The quantitative estimate of drug-likeness (QED) is 0.829. The first kappa shape index (κ1) is 16.7. The van der Waals surface area contributed by atoms with Crippen molar-refractivity contribution in [2.24, 2.45) is 0 Å². The maximum absolute atomic E-state index is 12.6. The van der Waals surface area contributed by atoms with E-state index < -0.39 is 22.1 Å². The summed E-state index contributed by atoms with van der Waals surface area (Å²) in [6.07, 6.45) is -0.477. The van der Waals surface area contributed by atoms with E-state index in [1.54, 1.807) is 18.2 Å². The van der Waals surface area contributed by atoms with Crippen LogP contribution in [-0.2, 0) is 19.6 Å². The first-order chi connectivity index (χ1) is 11.4. The fraction of sp³-hybridized carbons (Fsp3) is 0.467. The highest BCUT2D eigenvalue weighted by atomic mass is 32.2. The molecule has 1 aromatic carbocycles. The number of rotatable bonds is 3. The number of carboxylic acid groups (broad SMARTS) is 1. The fourth-order valence-electron chi connectivity index (χ4n) is 2.89. The van der Waals surface area contributed by atoms with Gasteiger partial charge in [-0.25, -0.2) is 13.2 Å². The molecule has 0 aromatic heterocycles. The van der Waals surface area contributed by atoms with E-state index in [1.165, 1.54) is 15.3 Å². The summed E-state index contributed by atoms with van der Waals surface area (Å²) in [4.78, 5) is 25.0. The third-order valence-electron chi connectivity index (χ3n) is 4.11. The number of hydrogen-bond donors (Lipinski definition) is 1. The topological polar surface area (TPSA) is 104 Å². The minimum atomic E-state index is -3.32. The van der Waals surface area contributed by atoms with E-state index in [0.717, 1.165) is 0 Å². The van der Waals surface area contributed by atoms with Crippen molar-refractivity contribution >= 4 is 27.6 Å². The summed E-state index contributed by atoms with van der Waals surface area (Å²) in [5, 5.41) is 9.02. The molecule has 2 aliphatic heterocycles. The van der Waals surface area contributed by atoms with E-state index in [0.29, 0.717) is 30.8 Å². The largest absolute Gasteiger partial charge is 0.479 e. The normalized spacial score (nSPS) is 23.2. The molecular formula is C15H18N2O6S. The predicted octanol–water partition coefficient (Wildman–Crippen LogP) is 0.152. The van der Waals surface area contributed by atoms with Gasteiger partial charge in [0.15, 0.2) is 6.10 Å². The van der Waals surface area contributed by atoms with Crippen molar-refractivity contribution in [1.82, 2.24) is 4.90 Å². The monoisotopic (exact) mass is 354 g/mol. The van der Waals surface area contributed by atoms with Crippen LogP contribution in [0.4, 0.5) is 5.69 Å². The molecule has 1 amide bonds. The summed E-state index contributed by atoms with van der Waals surface area (Å²) >= 11 is 0. The van der Waals surface area contributed by atoms with Crippen molar-refractivity contribution in [3.8, 4) is 0 Å². The molecule has 3 rings (SSSR count). The molecule has 0 unspecified atom stereocenters. The zero-order valence-corrected chi connectivity index (χ0v) is 13.7. The Balaban J connectivity index is 1.81. The Labute approximate surface area is 139 Å². The first-order valence-electron chi connectivity index (χ1n) is 7.63. The van der Waals surface area contributed by atoms with Crippen molar-refractivity contribution in [3.63, 3.8) is 0 Å². The number of amides is 1. The predicted molar refractivity (Wildman–Crippen MR) is 85.5 cm³/mol. The second-order valence-electron chi connectivity index (χ2n) is 5.74. The summed E-state index contributed by atoms with van der Waals surface area (Å²) < 4.78 is 30.4. The Morgan fingerprint density at radius 1 is 1.25 bits per heavy atom. The lowest BCUT2D eigenvalue weighted by atomic mass is 10.1. The van der Waals surface area contributed by atoms with Gasteiger partial charge in [-0.1, -0.05) is 6.07 Å². The van der Waals surface area contributed by atoms with Crippen LogP contribution in [0.3, 0.4) is 0 Å². The highest BCUT2D eigenvalue weighted by molar-refractivity contribution is 7.93. The van der Waals surface area contributed by atoms with Crippen LogP contribution in [-0.4, -0.2) is 68.4 Å². The summed E-state index contributed by atoms with van der Waals surface area (Å²) in [5.74, 6) is -1.33. The van der Waals surface area contributed by atoms with Gasteiger partial charge in [0, 0.05) is 18.7 Å². The lowest BCUT2D eigenvalue weighted by Crippen LogP contribution is -2.48. The minimum absolute atomic E-state index is 0.0274. The molecule has 2 heterocycles. The Bertz CT molecular complexity index is 763. The Morgan fingerprint density at radius 2 is 2.04 bits per heavy atom. The van der Waals surface area contributed by atoms with Crippen molar-refractivity contribution in [3.05, 3.63) is 29.8 Å². The molecular weight excluding hydrogens is 336 g/mol. The molecule has 2 aliphatic rings. The maximum atomic E-state index is 12.6. The molecule has 0 spiro atoms. The molecule has 9 heteroatoms. The van der Waals surface area contributed by atoms with Gasteiger partial charge in [0.25, 0.3) is 5.91 Å². The van der Waals surface area contributed by atoms with Crippen LogP contribution >= 0.6 is 0 Å². The smallest absolute Gasteiger partial charge is 0.334 e. The molecule has 0 bridgehead atoms. The second kappa shape index (κ2) is 6.40. The van der Waals surface area contributed by atoms with E-state index in [-0.39, 0.29) is 24.8 Å². The number of hydrogen-bond acceptors (Lipinski definition) is 5. The molecule has 0 radical (unpaired) electrons. The highest BCUT2D eigenvalue weighted by Crippen LogP contribution is 2.25. The van der Waals surface area contributed by atoms with Crippen molar-refractivity contribution in [2.45, 2.75) is 12.5 Å². The summed E-state index contributed by atoms with van der Waals surface area (Å²) in [7, 11) is -3.32. The van der Waals surface area contributed by atoms with Gasteiger partial charge in [0.1, 0.15) is 0 Å². The Hall–Kier alpha value is -2.13. The zero-order valence-electron chi connectivity index (χ0n) is 12.9. The molecule has 2 fully saturated rings. The number of morpholine rings is 1. The highest BCUT2D eigenvalue weighted by Gasteiger charge is 2.31. The van der Waals surface area contributed by atoms with Gasteiger partial charge in [-0.15, -0.1) is 0 Å². The van der Waals surface area contributed by atoms with E-state index in [9.17, 15) is 18.0 Å². The number of benzene rings is 1. The lowest BCUT2D eigenvalue weighted by molar-refractivity contribution is -0.154. The summed E-state index contributed by atoms with van der Waals surface area (Å²) in [6, 6.07) is 6.42. The number of carbonyl (C=O) groups excluding carboxylic acids is 1.